The lowest BCUT2D eigenvalue weighted by molar-refractivity contribution is 0.0267. The fourth-order valence-corrected chi connectivity index (χ4v) is 11.3. The number of carbonyl (C=O) groups excluding carboxylic acids is 4. The Kier molecular flexibility index (Phi) is 6.70. The minimum absolute atomic E-state index is 0.0145. The summed E-state index contributed by atoms with van der Waals surface area (Å²) in [4.78, 5) is 56.8. The van der Waals surface area contributed by atoms with E-state index in [9.17, 15) is 35.0 Å². The summed E-state index contributed by atoms with van der Waals surface area (Å²) in [6.07, 6.45) is 7.89. The van der Waals surface area contributed by atoms with Crippen molar-refractivity contribution in [2.45, 2.75) is 37.7 Å². The maximum atomic E-state index is 13.4. The predicted octanol–water partition coefficient (Wildman–Crippen LogP) is 8.37. The van der Waals surface area contributed by atoms with Crippen LogP contribution in [0.1, 0.15) is 106 Å². The van der Waals surface area contributed by atoms with Crippen LogP contribution in [-0.2, 0) is 5.60 Å². The Labute approximate surface area is 301 Å². The van der Waals surface area contributed by atoms with Gasteiger partial charge in [-0.3, -0.25) is 19.2 Å². The maximum Gasteiger partial charge on any atom is 0.197 e. The van der Waals surface area contributed by atoms with Gasteiger partial charge in [0.05, 0.1) is 52.7 Å². The Morgan fingerprint density at radius 3 is 1.75 bits per heavy atom. The van der Waals surface area contributed by atoms with Crippen molar-refractivity contribution in [2.24, 2.45) is 0 Å². The summed E-state index contributed by atoms with van der Waals surface area (Å²) in [5, 5.41) is 28.2. The number of thiophene rings is 3. The van der Waals surface area contributed by atoms with Gasteiger partial charge >= 0.3 is 0 Å². The molecule has 1 spiro atoms. The Bertz CT molecular complexity index is 2670. The third kappa shape index (κ3) is 4.40. The molecule has 3 aromatic heterocycles. The van der Waals surface area contributed by atoms with Gasteiger partial charge < -0.3 is 10.5 Å². The van der Waals surface area contributed by atoms with Crippen molar-refractivity contribution < 1.29 is 23.9 Å². The number of carbonyl (C=O) groups is 4. The van der Waals surface area contributed by atoms with Gasteiger partial charge in [-0.2, -0.15) is 15.8 Å². The largest absolute Gasteiger partial charge is 0.479 e. The van der Waals surface area contributed by atoms with E-state index in [1.54, 1.807) is 23.5 Å². The SMILES string of the molecule is N#Cc1cc2c(cc1N)C(=O)/C(=C\c1cc3c(s1)-c1sc4cc(C=C5C(=O)c6cc(C#N)c(C#N)cc6C5=O)sc4c1OC31CCCCC1)C2=O. The molecule has 0 amide bonds. The van der Waals surface area contributed by atoms with Gasteiger partial charge in [0.2, 0.25) is 0 Å². The zero-order valence-electron chi connectivity index (χ0n) is 26.3. The van der Waals surface area contributed by atoms with Crippen LogP contribution in [0.25, 0.3) is 31.3 Å². The first kappa shape index (κ1) is 31.0. The molecular weight excluding hydrogens is 701 g/mol. The van der Waals surface area contributed by atoms with Crippen molar-refractivity contribution in [1.82, 2.24) is 0 Å². The van der Waals surface area contributed by atoms with E-state index in [2.05, 4.69) is 0 Å². The number of rotatable bonds is 2. The van der Waals surface area contributed by atoms with Gasteiger partial charge in [-0.1, -0.05) is 6.42 Å². The van der Waals surface area contributed by atoms with E-state index in [0.29, 0.717) is 4.88 Å². The average Bonchev–Trinajstić information content (AvgIpc) is 3.92. The van der Waals surface area contributed by atoms with Crippen LogP contribution in [0.5, 0.6) is 5.75 Å². The molecule has 0 bridgehead atoms. The molecule has 2 aromatic carbocycles. The Morgan fingerprint density at radius 2 is 1.18 bits per heavy atom. The fourth-order valence-electron chi connectivity index (χ4n) is 7.51. The number of fused-ring (bicyclic) bond motifs is 8. The lowest BCUT2D eigenvalue weighted by Crippen LogP contribution is -2.37. The maximum absolute atomic E-state index is 13.4. The summed E-state index contributed by atoms with van der Waals surface area (Å²) >= 11 is 4.48. The predicted molar refractivity (Wildman–Crippen MR) is 193 cm³/mol. The molecule has 4 heterocycles. The molecule has 3 aliphatic carbocycles. The molecule has 0 unspecified atom stereocenters. The Balaban J connectivity index is 1.12. The topological polar surface area (TPSA) is 175 Å². The lowest BCUT2D eigenvalue weighted by Gasteiger charge is -2.40. The molecular formula is C39H20N4O5S3. The van der Waals surface area contributed by atoms with Crippen molar-refractivity contribution in [3.8, 4) is 33.7 Å². The standard InChI is InChI=1S/C39H20N4O5S3/c40-14-17-6-22-23(7-18(17)15-41)32(45)27(31(22)44)10-21-12-30-37(50-21)35-38(51-30)36-28(39(48-35)4-2-1-3-5-39)11-20(49-36)9-26-33(46)24-8-19(16-42)29(43)13-25(24)34(26)47/h6-13H,1-5,43H2/b26-9-. The number of hydrogen-bond donors (Lipinski definition) is 1. The lowest BCUT2D eigenvalue weighted by atomic mass is 9.78. The number of anilines is 1. The molecule has 4 aliphatic rings. The molecule has 0 atom stereocenters. The first-order valence-corrected chi connectivity index (χ1v) is 18.4. The zero-order valence-corrected chi connectivity index (χ0v) is 28.8. The molecule has 1 fully saturated rings. The smallest absolute Gasteiger partial charge is 0.197 e. The van der Waals surface area contributed by atoms with Gasteiger partial charge in [0.15, 0.2) is 28.9 Å². The number of nitrogen functional groups attached to an aromatic ring is 1. The van der Waals surface area contributed by atoms with Crippen LogP contribution >= 0.6 is 34.0 Å². The van der Waals surface area contributed by atoms with Gasteiger partial charge in [0.1, 0.15) is 23.8 Å². The number of allylic oxidation sites excluding steroid dienone is 2. The van der Waals surface area contributed by atoms with Crippen LogP contribution < -0.4 is 10.5 Å². The summed E-state index contributed by atoms with van der Waals surface area (Å²) in [5.74, 6) is -1.05. The van der Waals surface area contributed by atoms with E-state index in [-0.39, 0.29) is 55.8 Å². The van der Waals surface area contributed by atoms with Crippen molar-refractivity contribution in [3.05, 3.63) is 102 Å². The number of ketones is 4. The third-order valence-corrected chi connectivity index (χ3v) is 13.6. The highest BCUT2D eigenvalue weighted by Crippen LogP contribution is 2.60. The highest BCUT2D eigenvalue weighted by atomic mass is 32.1. The van der Waals surface area contributed by atoms with Gasteiger partial charge in [-0.15, -0.1) is 34.0 Å². The molecule has 2 N–H and O–H groups in total. The molecule has 51 heavy (non-hydrogen) atoms. The van der Waals surface area contributed by atoms with E-state index in [1.165, 1.54) is 46.9 Å². The van der Waals surface area contributed by atoms with Crippen molar-refractivity contribution in [3.63, 3.8) is 0 Å². The first-order valence-electron chi connectivity index (χ1n) is 16.0. The number of benzene rings is 2. The highest BCUT2D eigenvalue weighted by molar-refractivity contribution is 7.32. The molecule has 244 valence electrons. The monoisotopic (exact) mass is 720 g/mol. The molecule has 0 radical (unpaired) electrons. The normalized spacial score (nSPS) is 17.5. The summed E-state index contributed by atoms with van der Waals surface area (Å²) in [7, 11) is 0. The summed E-state index contributed by atoms with van der Waals surface area (Å²) in [5.41, 5.74) is 7.47. The Hall–Kier alpha value is -5.97. The number of Topliss-reactive ketones (excluding diaryl/α,β-unsaturated/α-hetero) is 4. The van der Waals surface area contributed by atoms with Gasteiger partial charge in [0, 0.05) is 37.6 Å². The summed E-state index contributed by atoms with van der Waals surface area (Å²) in [6.45, 7) is 0. The minimum atomic E-state index is -0.580. The van der Waals surface area contributed by atoms with Crippen LogP contribution in [0.2, 0.25) is 0 Å². The zero-order chi connectivity index (χ0) is 35.3. The number of hydrogen-bond acceptors (Lipinski definition) is 12. The molecule has 0 saturated heterocycles. The number of nitrogens with zero attached hydrogens (tertiary/aromatic N) is 3. The second-order valence-corrected chi connectivity index (χ2v) is 16.1. The minimum Gasteiger partial charge on any atom is -0.479 e. The van der Waals surface area contributed by atoms with E-state index in [1.807, 2.05) is 30.3 Å². The van der Waals surface area contributed by atoms with Crippen LogP contribution in [0.3, 0.4) is 0 Å². The van der Waals surface area contributed by atoms with Gasteiger partial charge in [0.25, 0.3) is 0 Å². The molecule has 1 saturated carbocycles. The van der Waals surface area contributed by atoms with E-state index in [0.717, 1.165) is 67.4 Å². The summed E-state index contributed by atoms with van der Waals surface area (Å²) < 4.78 is 8.83. The van der Waals surface area contributed by atoms with Crippen LogP contribution in [-0.4, -0.2) is 23.1 Å². The van der Waals surface area contributed by atoms with E-state index < -0.39 is 28.7 Å². The number of ether oxygens (including phenoxy) is 1. The summed E-state index contributed by atoms with van der Waals surface area (Å²) in [6, 6.07) is 15.2. The van der Waals surface area contributed by atoms with Gasteiger partial charge in [-0.25, -0.2) is 0 Å². The quantitative estimate of drug-likeness (QED) is 0.107. The molecule has 9 nitrogen and oxygen atoms in total. The molecule has 9 rings (SSSR count). The van der Waals surface area contributed by atoms with Crippen molar-refractivity contribution in [1.29, 1.82) is 15.8 Å². The molecule has 5 aromatic rings. The number of nitriles is 3. The second kappa shape index (κ2) is 11.0. The van der Waals surface area contributed by atoms with Crippen LogP contribution in [0.15, 0.2) is 47.5 Å². The first-order chi connectivity index (χ1) is 24.6. The molecule has 12 heteroatoms. The third-order valence-electron chi connectivity index (χ3n) is 9.99. The van der Waals surface area contributed by atoms with Crippen LogP contribution in [0.4, 0.5) is 5.69 Å². The number of nitrogens with two attached hydrogens (primary N) is 1. The van der Waals surface area contributed by atoms with Crippen molar-refractivity contribution in [2.75, 3.05) is 5.73 Å². The average molecular weight is 721 g/mol. The second-order valence-electron chi connectivity index (χ2n) is 12.8. The van der Waals surface area contributed by atoms with Crippen LogP contribution in [0, 0.1) is 34.0 Å². The van der Waals surface area contributed by atoms with Gasteiger partial charge in [-0.05, 0) is 74.2 Å². The Morgan fingerprint density at radius 1 is 0.647 bits per heavy atom. The van der Waals surface area contributed by atoms with E-state index >= 15 is 0 Å². The van der Waals surface area contributed by atoms with Crippen molar-refractivity contribution >= 4 is 84.4 Å². The molecule has 1 aliphatic heterocycles. The fraction of sp³-hybridized carbons (Fsp3) is 0.154. The highest BCUT2D eigenvalue weighted by Gasteiger charge is 2.45. The van der Waals surface area contributed by atoms with E-state index in [4.69, 9.17) is 10.5 Å².